The summed E-state index contributed by atoms with van der Waals surface area (Å²) in [6.07, 6.45) is 8.89. The molecule has 0 unspecified atom stereocenters. The number of nitrogens with one attached hydrogen (secondary N) is 1. The molecule has 1 nitrogen and oxygen atoms in total. The SMILES string of the molecule is CC(C)CCCCCCNC1CC(c2ccccc2F)C1. The first-order valence-electron chi connectivity index (χ1n) is 8.64. The van der Waals surface area contributed by atoms with Gasteiger partial charge in [0, 0.05) is 6.04 Å². The van der Waals surface area contributed by atoms with E-state index in [2.05, 4.69) is 19.2 Å². The fraction of sp³-hybridized carbons (Fsp3) is 0.684. The maximum atomic E-state index is 13.6. The third-order valence-corrected chi connectivity index (χ3v) is 4.62. The minimum atomic E-state index is -0.0360. The highest BCUT2D eigenvalue weighted by Crippen LogP contribution is 2.37. The molecule has 0 amide bonds. The van der Waals surface area contributed by atoms with Gasteiger partial charge in [-0.1, -0.05) is 57.7 Å². The molecule has 0 aliphatic heterocycles. The van der Waals surface area contributed by atoms with Gasteiger partial charge in [0.15, 0.2) is 0 Å². The Labute approximate surface area is 129 Å². The van der Waals surface area contributed by atoms with Gasteiger partial charge in [0.05, 0.1) is 0 Å². The van der Waals surface area contributed by atoms with E-state index in [-0.39, 0.29) is 5.82 Å². The predicted molar refractivity (Wildman–Crippen MR) is 88.1 cm³/mol. The van der Waals surface area contributed by atoms with Gasteiger partial charge >= 0.3 is 0 Å². The second kappa shape index (κ2) is 8.53. The first-order valence-corrected chi connectivity index (χ1v) is 8.64. The summed E-state index contributed by atoms with van der Waals surface area (Å²) in [5.41, 5.74) is 0.907. The molecule has 0 heterocycles. The summed E-state index contributed by atoms with van der Waals surface area (Å²) in [4.78, 5) is 0. The summed E-state index contributed by atoms with van der Waals surface area (Å²) in [6, 6.07) is 7.83. The third-order valence-electron chi connectivity index (χ3n) is 4.62. The molecule has 2 rings (SSSR count). The number of unbranched alkanes of at least 4 members (excludes halogenated alkanes) is 3. The second-order valence-electron chi connectivity index (χ2n) is 6.94. The van der Waals surface area contributed by atoms with Crippen molar-refractivity contribution in [3.05, 3.63) is 35.6 Å². The maximum absolute atomic E-state index is 13.6. The van der Waals surface area contributed by atoms with Gasteiger partial charge in [-0.25, -0.2) is 4.39 Å². The largest absolute Gasteiger partial charge is 0.314 e. The molecular formula is C19H30FN. The van der Waals surface area contributed by atoms with E-state index in [0.29, 0.717) is 12.0 Å². The fourth-order valence-corrected chi connectivity index (χ4v) is 3.18. The first-order chi connectivity index (χ1) is 10.2. The van der Waals surface area contributed by atoms with Crippen LogP contribution in [-0.4, -0.2) is 12.6 Å². The molecule has 1 fully saturated rings. The quantitative estimate of drug-likeness (QED) is 0.611. The lowest BCUT2D eigenvalue weighted by Crippen LogP contribution is -2.40. The molecule has 0 radical (unpaired) electrons. The molecule has 1 N–H and O–H groups in total. The van der Waals surface area contributed by atoms with Crippen molar-refractivity contribution in [2.24, 2.45) is 5.92 Å². The van der Waals surface area contributed by atoms with Gasteiger partial charge in [-0.2, -0.15) is 0 Å². The highest BCUT2D eigenvalue weighted by Gasteiger charge is 2.31. The van der Waals surface area contributed by atoms with Crippen LogP contribution in [-0.2, 0) is 0 Å². The van der Waals surface area contributed by atoms with Gasteiger partial charge in [-0.3, -0.25) is 0 Å². The number of rotatable bonds is 9. The second-order valence-corrected chi connectivity index (χ2v) is 6.94. The van der Waals surface area contributed by atoms with E-state index < -0.39 is 0 Å². The smallest absolute Gasteiger partial charge is 0.126 e. The zero-order valence-electron chi connectivity index (χ0n) is 13.6. The summed E-state index contributed by atoms with van der Waals surface area (Å²) >= 11 is 0. The van der Waals surface area contributed by atoms with Crippen molar-refractivity contribution in [2.75, 3.05) is 6.54 Å². The van der Waals surface area contributed by atoms with Gasteiger partial charge in [0.1, 0.15) is 5.82 Å². The van der Waals surface area contributed by atoms with E-state index in [1.807, 2.05) is 12.1 Å². The summed E-state index contributed by atoms with van der Waals surface area (Å²) in [6.45, 7) is 5.71. The molecule has 0 bridgehead atoms. The molecule has 21 heavy (non-hydrogen) atoms. The van der Waals surface area contributed by atoms with Crippen LogP contribution in [0.4, 0.5) is 4.39 Å². The standard InChI is InChI=1S/C19H30FN/c1-15(2)9-5-3-4-8-12-21-17-13-16(14-17)18-10-6-7-11-19(18)20/h6-7,10-11,15-17,21H,3-5,8-9,12-14H2,1-2H3. The van der Waals surface area contributed by atoms with Gasteiger partial charge in [-0.15, -0.1) is 0 Å². The number of benzene rings is 1. The molecule has 1 saturated carbocycles. The van der Waals surface area contributed by atoms with Crippen LogP contribution in [0.25, 0.3) is 0 Å². The van der Waals surface area contributed by atoms with Crippen LogP contribution in [0.5, 0.6) is 0 Å². The lowest BCUT2D eigenvalue weighted by molar-refractivity contribution is 0.284. The van der Waals surface area contributed by atoms with E-state index in [1.54, 1.807) is 12.1 Å². The van der Waals surface area contributed by atoms with Gasteiger partial charge in [0.25, 0.3) is 0 Å². The average Bonchev–Trinajstić information content (AvgIpc) is 2.40. The average molecular weight is 291 g/mol. The van der Waals surface area contributed by atoms with Crippen LogP contribution in [0, 0.1) is 11.7 Å². The monoisotopic (exact) mass is 291 g/mol. The Hall–Kier alpha value is -0.890. The summed E-state index contributed by atoms with van der Waals surface area (Å²) in [7, 11) is 0. The molecule has 0 saturated heterocycles. The predicted octanol–water partition coefficient (Wildman–Crippen LogP) is 5.27. The summed E-state index contributed by atoms with van der Waals surface area (Å²) in [5, 5.41) is 3.62. The van der Waals surface area contributed by atoms with Gasteiger partial charge in [0.2, 0.25) is 0 Å². The van der Waals surface area contributed by atoms with Crippen molar-refractivity contribution in [3.63, 3.8) is 0 Å². The van der Waals surface area contributed by atoms with Crippen molar-refractivity contribution < 1.29 is 4.39 Å². The van der Waals surface area contributed by atoms with E-state index in [1.165, 1.54) is 32.1 Å². The summed E-state index contributed by atoms with van der Waals surface area (Å²) in [5.74, 6) is 1.23. The topological polar surface area (TPSA) is 12.0 Å². The van der Waals surface area contributed by atoms with Crippen LogP contribution in [0.3, 0.4) is 0 Å². The van der Waals surface area contributed by atoms with Crippen molar-refractivity contribution in [1.29, 1.82) is 0 Å². The highest BCUT2D eigenvalue weighted by atomic mass is 19.1. The zero-order chi connectivity index (χ0) is 15.1. The van der Waals surface area contributed by atoms with E-state index in [9.17, 15) is 4.39 Å². The van der Waals surface area contributed by atoms with E-state index in [4.69, 9.17) is 0 Å². The summed E-state index contributed by atoms with van der Waals surface area (Å²) < 4.78 is 13.6. The molecule has 2 heteroatoms. The van der Waals surface area contributed by atoms with Crippen LogP contribution < -0.4 is 5.32 Å². The van der Waals surface area contributed by atoms with Crippen molar-refractivity contribution >= 4 is 0 Å². The lowest BCUT2D eigenvalue weighted by Gasteiger charge is -2.36. The molecule has 1 aliphatic rings. The molecule has 118 valence electrons. The van der Waals surface area contributed by atoms with Crippen molar-refractivity contribution in [1.82, 2.24) is 5.32 Å². The molecular weight excluding hydrogens is 261 g/mol. The Kier molecular flexibility index (Phi) is 6.69. The zero-order valence-corrected chi connectivity index (χ0v) is 13.6. The van der Waals surface area contributed by atoms with Gasteiger partial charge in [-0.05, 0) is 49.3 Å². The first kappa shape index (κ1) is 16.5. The maximum Gasteiger partial charge on any atom is 0.126 e. The molecule has 0 atom stereocenters. The molecule has 1 aromatic carbocycles. The lowest BCUT2D eigenvalue weighted by atomic mass is 9.75. The third kappa shape index (κ3) is 5.43. The Balaban J connectivity index is 1.50. The number of hydrogen-bond donors (Lipinski definition) is 1. The Morgan fingerprint density at radius 2 is 1.81 bits per heavy atom. The molecule has 1 aromatic rings. The van der Waals surface area contributed by atoms with Crippen molar-refractivity contribution in [2.45, 2.75) is 70.8 Å². The van der Waals surface area contributed by atoms with Crippen LogP contribution >= 0.6 is 0 Å². The normalized spacial score (nSPS) is 21.5. The van der Waals surface area contributed by atoms with Gasteiger partial charge < -0.3 is 5.32 Å². The number of hydrogen-bond acceptors (Lipinski definition) is 1. The van der Waals surface area contributed by atoms with Crippen LogP contribution in [0.1, 0.15) is 70.3 Å². The van der Waals surface area contributed by atoms with Crippen LogP contribution in [0.2, 0.25) is 0 Å². The van der Waals surface area contributed by atoms with Crippen molar-refractivity contribution in [3.8, 4) is 0 Å². The molecule has 0 spiro atoms. The van der Waals surface area contributed by atoms with Crippen LogP contribution in [0.15, 0.2) is 24.3 Å². The van der Waals surface area contributed by atoms with E-state index >= 15 is 0 Å². The van der Waals surface area contributed by atoms with E-state index in [0.717, 1.165) is 30.9 Å². The highest BCUT2D eigenvalue weighted by molar-refractivity contribution is 5.24. The Bertz CT molecular complexity index is 410. The fourth-order valence-electron chi connectivity index (χ4n) is 3.18. The Morgan fingerprint density at radius 3 is 2.52 bits per heavy atom. The Morgan fingerprint density at radius 1 is 1.10 bits per heavy atom. The minimum Gasteiger partial charge on any atom is -0.314 e. The number of halogens is 1. The molecule has 0 aromatic heterocycles. The minimum absolute atomic E-state index is 0.0360. The molecule has 1 aliphatic carbocycles.